The van der Waals surface area contributed by atoms with Crippen molar-refractivity contribution in [1.29, 1.82) is 0 Å². The molecule has 0 N–H and O–H groups in total. The van der Waals surface area contributed by atoms with E-state index in [2.05, 4.69) is 35.2 Å². The molecule has 1 aromatic carbocycles. The van der Waals surface area contributed by atoms with Crippen LogP contribution in [0.5, 0.6) is 0 Å². The van der Waals surface area contributed by atoms with E-state index in [4.69, 9.17) is 0 Å². The van der Waals surface area contributed by atoms with Crippen molar-refractivity contribution in [2.24, 2.45) is 0 Å². The molecule has 0 radical (unpaired) electrons. The molecule has 1 nitrogen and oxygen atoms in total. The molecule has 1 aliphatic rings. The van der Waals surface area contributed by atoms with Gasteiger partial charge in [-0.2, -0.15) is 0 Å². The average molecular weight is 177 g/mol. The molecule has 1 saturated heterocycles. The van der Waals surface area contributed by atoms with Gasteiger partial charge in [0.2, 0.25) is 0 Å². The van der Waals surface area contributed by atoms with Crippen LogP contribution in [0.3, 0.4) is 0 Å². The van der Waals surface area contributed by atoms with Gasteiger partial charge in [0.05, 0.1) is 0 Å². The van der Waals surface area contributed by atoms with Gasteiger partial charge in [-0.3, -0.25) is 0 Å². The van der Waals surface area contributed by atoms with Gasteiger partial charge >= 0.3 is 0 Å². The molecule has 2 rings (SSSR count). The number of hydrogen-bond donors (Lipinski definition) is 0. The normalized spacial score (nSPS) is 16.5. The lowest BCUT2D eigenvalue weighted by Gasteiger charge is -2.28. The van der Waals surface area contributed by atoms with Gasteiger partial charge in [-0.15, -0.1) is 0 Å². The first kappa shape index (κ1) is 10.1. The third kappa shape index (κ3) is 2.48. The third-order valence-corrected chi connectivity index (χ3v) is 2.48. The van der Waals surface area contributed by atoms with Crippen molar-refractivity contribution in [2.75, 3.05) is 18.0 Å². The predicted molar refractivity (Wildman–Crippen MR) is 59.2 cm³/mol. The van der Waals surface area contributed by atoms with Crippen LogP contribution in [0.15, 0.2) is 30.3 Å². The van der Waals surface area contributed by atoms with Crippen LogP contribution < -0.4 is 4.90 Å². The fraction of sp³-hybridized carbons (Fsp3) is 0.500. The van der Waals surface area contributed by atoms with Crippen molar-refractivity contribution in [3.63, 3.8) is 0 Å². The summed E-state index contributed by atoms with van der Waals surface area (Å²) in [4.78, 5) is 2.48. The Morgan fingerprint density at radius 3 is 2.08 bits per heavy atom. The van der Waals surface area contributed by atoms with Crippen LogP contribution in [0, 0.1) is 0 Å². The molecule has 1 heteroatoms. The molecule has 0 aromatic heterocycles. The lowest BCUT2D eigenvalue weighted by Crippen LogP contribution is -2.29. The molecule has 1 aliphatic heterocycles. The molecule has 13 heavy (non-hydrogen) atoms. The van der Waals surface area contributed by atoms with Crippen molar-refractivity contribution in [3.05, 3.63) is 30.3 Å². The Kier molecular flexibility index (Phi) is 3.81. The molecule has 0 aliphatic carbocycles. The molecular formula is C12H19N. The van der Waals surface area contributed by atoms with E-state index in [0.29, 0.717) is 0 Å². The first-order valence-electron chi connectivity index (χ1n) is 4.77. The zero-order valence-electron chi connectivity index (χ0n) is 7.37. The maximum atomic E-state index is 2.48. The Hall–Kier alpha value is -0.980. The summed E-state index contributed by atoms with van der Waals surface area (Å²) in [6, 6.07) is 10.7. The van der Waals surface area contributed by atoms with Gasteiger partial charge in [0.1, 0.15) is 0 Å². The largest absolute Gasteiger partial charge is 0.372 e. The molecule has 1 heterocycles. The van der Waals surface area contributed by atoms with Gasteiger partial charge < -0.3 is 4.90 Å². The fourth-order valence-electron chi connectivity index (χ4n) is 1.79. The van der Waals surface area contributed by atoms with Gasteiger partial charge in [-0.1, -0.05) is 25.6 Å². The van der Waals surface area contributed by atoms with Gasteiger partial charge in [-0.25, -0.2) is 0 Å². The van der Waals surface area contributed by atoms with Gasteiger partial charge in [0, 0.05) is 18.8 Å². The minimum atomic E-state index is 0. The Morgan fingerprint density at radius 1 is 0.846 bits per heavy atom. The molecule has 0 saturated carbocycles. The summed E-state index contributed by atoms with van der Waals surface area (Å²) in [5, 5.41) is 0. The molecule has 0 amide bonds. The minimum Gasteiger partial charge on any atom is -0.372 e. The second-order valence-electron chi connectivity index (χ2n) is 3.38. The predicted octanol–water partition coefficient (Wildman–Crippen LogP) is 3.31. The highest BCUT2D eigenvalue weighted by Gasteiger charge is 2.09. The van der Waals surface area contributed by atoms with E-state index in [0.717, 1.165) is 0 Å². The van der Waals surface area contributed by atoms with Gasteiger partial charge in [0.15, 0.2) is 0 Å². The Bertz CT molecular complexity index is 224. The highest BCUT2D eigenvalue weighted by atomic mass is 15.1. The van der Waals surface area contributed by atoms with Crippen molar-refractivity contribution in [1.82, 2.24) is 0 Å². The monoisotopic (exact) mass is 177 g/mol. The smallest absolute Gasteiger partial charge is 0.0366 e. The van der Waals surface area contributed by atoms with Crippen molar-refractivity contribution >= 4 is 5.69 Å². The number of rotatable bonds is 1. The molecule has 0 atom stereocenters. The minimum absolute atomic E-state index is 0. The molecule has 1 fully saturated rings. The van der Waals surface area contributed by atoms with E-state index in [1.54, 1.807) is 0 Å². The quantitative estimate of drug-likeness (QED) is 0.636. The number of benzene rings is 1. The molecule has 0 unspecified atom stereocenters. The number of nitrogens with zero attached hydrogens (tertiary/aromatic N) is 1. The lowest BCUT2D eigenvalue weighted by atomic mass is 10.1. The first-order chi connectivity index (χ1) is 5.97. The Balaban J connectivity index is 0.000000845. The summed E-state index contributed by atoms with van der Waals surface area (Å²) in [7, 11) is 0. The highest BCUT2D eigenvalue weighted by molar-refractivity contribution is 5.46. The summed E-state index contributed by atoms with van der Waals surface area (Å²) in [6.07, 6.45) is 4.12. The van der Waals surface area contributed by atoms with Crippen molar-refractivity contribution in [2.45, 2.75) is 26.7 Å². The SMILES string of the molecule is C.c1ccc(N2CCCCC2)cc1. The molecular weight excluding hydrogens is 158 g/mol. The zero-order valence-corrected chi connectivity index (χ0v) is 7.37. The van der Waals surface area contributed by atoms with E-state index in [1.165, 1.54) is 38.0 Å². The molecule has 0 bridgehead atoms. The summed E-state index contributed by atoms with van der Waals surface area (Å²) < 4.78 is 0. The fourth-order valence-corrected chi connectivity index (χ4v) is 1.79. The van der Waals surface area contributed by atoms with Crippen LogP contribution >= 0.6 is 0 Å². The second-order valence-corrected chi connectivity index (χ2v) is 3.38. The van der Waals surface area contributed by atoms with Crippen LogP contribution in [0.4, 0.5) is 5.69 Å². The zero-order chi connectivity index (χ0) is 8.23. The topological polar surface area (TPSA) is 3.24 Å². The number of para-hydroxylation sites is 1. The lowest BCUT2D eigenvalue weighted by molar-refractivity contribution is 0.578. The standard InChI is InChI=1S/C11H15N.CH4/c1-3-7-11(8-4-1)12-9-5-2-6-10-12;/h1,3-4,7-8H,2,5-6,9-10H2;1H4. The Labute approximate surface area is 81.4 Å². The first-order valence-corrected chi connectivity index (χ1v) is 4.77. The number of hydrogen-bond acceptors (Lipinski definition) is 1. The Morgan fingerprint density at radius 2 is 1.46 bits per heavy atom. The van der Waals surface area contributed by atoms with E-state index in [-0.39, 0.29) is 7.43 Å². The van der Waals surface area contributed by atoms with Crippen LogP contribution in [0.1, 0.15) is 26.7 Å². The van der Waals surface area contributed by atoms with Gasteiger partial charge in [0.25, 0.3) is 0 Å². The van der Waals surface area contributed by atoms with E-state index >= 15 is 0 Å². The molecule has 1 aromatic rings. The van der Waals surface area contributed by atoms with E-state index < -0.39 is 0 Å². The van der Waals surface area contributed by atoms with Gasteiger partial charge in [-0.05, 0) is 31.4 Å². The second kappa shape index (κ2) is 4.90. The summed E-state index contributed by atoms with van der Waals surface area (Å²) in [5.74, 6) is 0. The van der Waals surface area contributed by atoms with Crippen LogP contribution in [-0.2, 0) is 0 Å². The summed E-state index contributed by atoms with van der Waals surface area (Å²) in [6.45, 7) is 2.48. The average Bonchev–Trinajstić information content (AvgIpc) is 2.21. The van der Waals surface area contributed by atoms with Crippen LogP contribution in [-0.4, -0.2) is 13.1 Å². The van der Waals surface area contributed by atoms with Crippen LogP contribution in [0.25, 0.3) is 0 Å². The van der Waals surface area contributed by atoms with E-state index in [1.807, 2.05) is 0 Å². The number of piperidine rings is 1. The maximum absolute atomic E-state index is 2.48. The summed E-state index contributed by atoms with van der Waals surface area (Å²) in [5.41, 5.74) is 1.39. The molecule has 0 spiro atoms. The number of anilines is 1. The molecule has 72 valence electrons. The summed E-state index contributed by atoms with van der Waals surface area (Å²) >= 11 is 0. The third-order valence-electron chi connectivity index (χ3n) is 2.48. The van der Waals surface area contributed by atoms with Crippen LogP contribution in [0.2, 0.25) is 0 Å². The van der Waals surface area contributed by atoms with Crippen molar-refractivity contribution < 1.29 is 0 Å². The maximum Gasteiger partial charge on any atom is 0.0366 e. The van der Waals surface area contributed by atoms with Crippen molar-refractivity contribution in [3.8, 4) is 0 Å². The van der Waals surface area contributed by atoms with E-state index in [9.17, 15) is 0 Å². The highest BCUT2D eigenvalue weighted by Crippen LogP contribution is 2.18.